The minimum atomic E-state index is -0.217. The molecule has 0 N–H and O–H groups in total. The Bertz CT molecular complexity index is 1570. The Morgan fingerprint density at radius 2 is 1.54 bits per heavy atom. The molecule has 6 rings (SSSR count). The van der Waals surface area contributed by atoms with Crippen LogP contribution in [0.3, 0.4) is 0 Å². The molecule has 4 aromatic rings. The molecule has 1 aliphatic carbocycles. The zero-order valence-electron chi connectivity index (χ0n) is 20.4. The second-order valence-corrected chi connectivity index (χ2v) is 10.6. The maximum absolute atomic E-state index is 13.8. The number of hydrogen-bond donors (Lipinski definition) is 0. The van der Waals surface area contributed by atoms with E-state index in [4.69, 9.17) is 23.2 Å². The third-order valence-corrected chi connectivity index (χ3v) is 7.92. The SMILES string of the molecule is C=C(C)C(C1=C(c2ccc(Cl)cc2)c2ccc(Cl)cc2C1)[C@@H]1c2ccccc2C(=O)N1c1ccccc1. The molecule has 0 spiro atoms. The predicted octanol–water partition coefficient (Wildman–Crippen LogP) is 8.95. The second-order valence-electron chi connectivity index (χ2n) is 9.75. The van der Waals surface area contributed by atoms with Gasteiger partial charge in [0.25, 0.3) is 5.91 Å². The van der Waals surface area contributed by atoms with Crippen LogP contribution in [0.15, 0.2) is 115 Å². The van der Waals surface area contributed by atoms with Gasteiger partial charge in [0, 0.05) is 27.2 Å². The van der Waals surface area contributed by atoms with Gasteiger partial charge in [-0.25, -0.2) is 0 Å². The molecule has 0 radical (unpaired) electrons. The van der Waals surface area contributed by atoms with Gasteiger partial charge in [0.15, 0.2) is 0 Å². The number of rotatable bonds is 5. The molecule has 1 unspecified atom stereocenters. The molecule has 0 saturated carbocycles. The Hall–Kier alpha value is -3.59. The van der Waals surface area contributed by atoms with Crippen molar-refractivity contribution in [1.29, 1.82) is 0 Å². The third kappa shape index (κ3) is 4.01. The maximum atomic E-state index is 13.8. The van der Waals surface area contributed by atoms with Crippen molar-refractivity contribution in [2.45, 2.75) is 19.4 Å². The van der Waals surface area contributed by atoms with Crippen molar-refractivity contribution < 1.29 is 4.79 Å². The Labute approximate surface area is 227 Å². The van der Waals surface area contributed by atoms with Gasteiger partial charge in [-0.15, -0.1) is 0 Å². The van der Waals surface area contributed by atoms with Gasteiger partial charge in [-0.1, -0.05) is 90.0 Å². The molecular formula is C33H25Cl2NO. The summed E-state index contributed by atoms with van der Waals surface area (Å²) in [6, 6.07) is 31.8. The van der Waals surface area contributed by atoms with Crippen molar-refractivity contribution >= 4 is 40.4 Å². The first-order chi connectivity index (χ1) is 17.9. The lowest BCUT2D eigenvalue weighted by Crippen LogP contribution is -2.34. The van der Waals surface area contributed by atoms with Crippen molar-refractivity contribution in [3.8, 4) is 0 Å². The van der Waals surface area contributed by atoms with Crippen LogP contribution < -0.4 is 4.90 Å². The number of anilines is 1. The summed E-state index contributed by atoms with van der Waals surface area (Å²) in [7, 11) is 0. The molecule has 182 valence electrons. The van der Waals surface area contributed by atoms with Gasteiger partial charge in [-0.3, -0.25) is 9.69 Å². The standard InChI is InChI=1S/C33H25Cl2NO/c1-20(2)30(32-27-10-6-7-11-28(27)33(37)36(32)25-8-4-3-5-9-25)29-19-22-18-24(35)16-17-26(22)31(29)21-12-14-23(34)15-13-21/h3-18,30,32H,1,19H2,2H3/t30?,32-/m0/s1. The number of halogens is 2. The van der Waals surface area contributed by atoms with E-state index in [1.165, 1.54) is 16.7 Å². The molecule has 1 amide bonds. The quantitative estimate of drug-likeness (QED) is 0.240. The molecule has 1 aliphatic heterocycles. The summed E-state index contributed by atoms with van der Waals surface area (Å²) in [6.45, 7) is 6.55. The molecule has 4 heteroatoms. The summed E-state index contributed by atoms with van der Waals surface area (Å²) < 4.78 is 0. The van der Waals surface area contributed by atoms with E-state index in [9.17, 15) is 4.79 Å². The molecule has 0 fully saturated rings. The fraction of sp³-hybridized carbons (Fsp3) is 0.121. The van der Waals surface area contributed by atoms with E-state index in [1.54, 1.807) is 0 Å². The molecule has 2 aliphatic rings. The van der Waals surface area contributed by atoms with Gasteiger partial charge in [-0.2, -0.15) is 0 Å². The van der Waals surface area contributed by atoms with E-state index >= 15 is 0 Å². The minimum absolute atomic E-state index is 0.0187. The minimum Gasteiger partial charge on any atom is -0.300 e. The van der Waals surface area contributed by atoms with Crippen molar-refractivity contribution in [2.75, 3.05) is 4.90 Å². The smallest absolute Gasteiger partial charge is 0.259 e. The van der Waals surface area contributed by atoms with E-state index in [1.807, 2.05) is 71.6 Å². The molecule has 1 heterocycles. The molecule has 2 atom stereocenters. The molecule has 37 heavy (non-hydrogen) atoms. The van der Waals surface area contributed by atoms with Crippen LogP contribution in [-0.2, 0) is 6.42 Å². The molecule has 2 nitrogen and oxygen atoms in total. The lowest BCUT2D eigenvalue weighted by molar-refractivity contribution is 0.0988. The van der Waals surface area contributed by atoms with Gasteiger partial charge in [0.05, 0.1) is 6.04 Å². The summed E-state index contributed by atoms with van der Waals surface area (Å²) in [5.41, 5.74) is 9.51. The predicted molar refractivity (Wildman–Crippen MR) is 153 cm³/mol. The first-order valence-electron chi connectivity index (χ1n) is 12.3. The van der Waals surface area contributed by atoms with Gasteiger partial charge >= 0.3 is 0 Å². The van der Waals surface area contributed by atoms with E-state index in [0.29, 0.717) is 5.02 Å². The van der Waals surface area contributed by atoms with Crippen LogP contribution in [-0.4, -0.2) is 5.91 Å². The third-order valence-electron chi connectivity index (χ3n) is 7.43. The fourth-order valence-corrected chi connectivity index (χ4v) is 6.26. The van der Waals surface area contributed by atoms with Crippen LogP contribution in [0.5, 0.6) is 0 Å². The first kappa shape index (κ1) is 23.8. The Kier molecular flexibility index (Phi) is 6.03. The van der Waals surface area contributed by atoms with Crippen LogP contribution in [0.4, 0.5) is 5.69 Å². The van der Waals surface area contributed by atoms with Crippen LogP contribution in [0, 0.1) is 5.92 Å². The molecule has 0 aromatic heterocycles. The number of benzene rings is 4. The first-order valence-corrected chi connectivity index (χ1v) is 13.1. The van der Waals surface area contributed by atoms with Gasteiger partial charge in [-0.05, 0) is 89.2 Å². The normalized spacial score (nSPS) is 17.1. The average molecular weight is 522 g/mol. The highest BCUT2D eigenvalue weighted by molar-refractivity contribution is 6.31. The van der Waals surface area contributed by atoms with E-state index in [2.05, 4.69) is 43.8 Å². The Morgan fingerprint density at radius 1 is 0.865 bits per heavy atom. The number of para-hydroxylation sites is 1. The molecular weight excluding hydrogens is 497 g/mol. The van der Waals surface area contributed by atoms with Crippen LogP contribution in [0.25, 0.3) is 5.57 Å². The van der Waals surface area contributed by atoms with Crippen LogP contribution in [0.2, 0.25) is 10.0 Å². The molecule has 4 aromatic carbocycles. The highest BCUT2D eigenvalue weighted by atomic mass is 35.5. The van der Waals surface area contributed by atoms with Crippen LogP contribution in [0.1, 0.15) is 45.6 Å². The molecule has 0 bridgehead atoms. The number of nitrogens with zero attached hydrogens (tertiary/aromatic N) is 1. The summed E-state index contributed by atoms with van der Waals surface area (Å²) in [5, 5.41) is 1.41. The van der Waals surface area contributed by atoms with E-state index in [0.717, 1.165) is 45.0 Å². The van der Waals surface area contributed by atoms with E-state index in [-0.39, 0.29) is 17.9 Å². The average Bonchev–Trinajstić information content (AvgIpc) is 3.40. The van der Waals surface area contributed by atoms with Crippen molar-refractivity contribution in [3.05, 3.63) is 153 Å². The van der Waals surface area contributed by atoms with Crippen molar-refractivity contribution in [3.63, 3.8) is 0 Å². The van der Waals surface area contributed by atoms with Crippen molar-refractivity contribution in [2.24, 2.45) is 5.92 Å². The van der Waals surface area contributed by atoms with E-state index < -0.39 is 0 Å². The van der Waals surface area contributed by atoms with Gasteiger partial charge in [0.2, 0.25) is 0 Å². The lowest BCUT2D eigenvalue weighted by atomic mass is 9.79. The number of fused-ring (bicyclic) bond motifs is 2. The lowest BCUT2D eigenvalue weighted by Gasteiger charge is -2.34. The number of carbonyl (C=O) groups is 1. The topological polar surface area (TPSA) is 20.3 Å². The Balaban J connectivity index is 1.60. The summed E-state index contributed by atoms with van der Waals surface area (Å²) in [5.74, 6) is -0.0880. The number of carbonyl (C=O) groups excluding carboxylic acids is 1. The molecule has 0 saturated heterocycles. The highest BCUT2D eigenvalue weighted by Crippen LogP contribution is 2.51. The van der Waals surface area contributed by atoms with Crippen molar-refractivity contribution in [1.82, 2.24) is 0 Å². The fourth-order valence-electron chi connectivity index (χ4n) is 5.94. The summed E-state index contributed by atoms with van der Waals surface area (Å²) >= 11 is 12.7. The monoisotopic (exact) mass is 521 g/mol. The van der Waals surface area contributed by atoms with Gasteiger partial charge in [0.1, 0.15) is 0 Å². The van der Waals surface area contributed by atoms with Gasteiger partial charge < -0.3 is 0 Å². The zero-order valence-corrected chi connectivity index (χ0v) is 21.9. The summed E-state index contributed by atoms with van der Waals surface area (Å²) in [4.78, 5) is 15.8. The zero-order chi connectivity index (χ0) is 25.7. The van der Waals surface area contributed by atoms with Crippen LogP contribution >= 0.6 is 23.2 Å². The highest BCUT2D eigenvalue weighted by Gasteiger charge is 2.45. The summed E-state index contributed by atoms with van der Waals surface area (Å²) in [6.07, 6.45) is 0.737. The number of amides is 1. The Morgan fingerprint density at radius 3 is 2.27 bits per heavy atom. The maximum Gasteiger partial charge on any atom is 0.259 e. The largest absolute Gasteiger partial charge is 0.300 e. The second kappa shape index (κ2) is 9.37. The number of hydrogen-bond acceptors (Lipinski definition) is 1.